The number of hydrogen-bond donors (Lipinski definition) is 0. The minimum Gasteiger partial charge on any atom is -0.497 e. The summed E-state index contributed by atoms with van der Waals surface area (Å²) in [6, 6.07) is 5.04. The summed E-state index contributed by atoms with van der Waals surface area (Å²) < 4.78 is 57.3. The van der Waals surface area contributed by atoms with E-state index in [1.165, 1.54) is 32.4 Å². The number of amides is 1. The normalized spacial score (nSPS) is 11.1. The highest BCUT2D eigenvalue weighted by molar-refractivity contribution is 6.08. The van der Waals surface area contributed by atoms with Crippen molar-refractivity contribution < 1.29 is 37.0 Å². The average molecular weight is 425 g/mol. The molecular formula is C21H22F3NO5. The lowest BCUT2D eigenvalue weighted by Gasteiger charge is -2.26. The van der Waals surface area contributed by atoms with Gasteiger partial charge in [0.15, 0.2) is 0 Å². The standard InChI is InChI=1S/C21H22F3NO5/c1-21(2,3)30-18(26)11-25(13-8-14(28-4)10-15(9-13)29-5)20(27)19-16(23)6-12(22)7-17(19)24/h6-10H,11H2,1-5H3. The summed E-state index contributed by atoms with van der Waals surface area (Å²) in [6.45, 7) is 4.23. The summed E-state index contributed by atoms with van der Waals surface area (Å²) in [5.41, 5.74) is -1.81. The zero-order valence-electron chi connectivity index (χ0n) is 17.2. The number of anilines is 1. The number of ether oxygens (including phenoxy) is 3. The van der Waals surface area contributed by atoms with Crippen molar-refractivity contribution in [3.8, 4) is 11.5 Å². The van der Waals surface area contributed by atoms with Crippen LogP contribution >= 0.6 is 0 Å². The van der Waals surface area contributed by atoms with Gasteiger partial charge < -0.3 is 14.2 Å². The number of halogens is 3. The Hall–Kier alpha value is -3.23. The van der Waals surface area contributed by atoms with Crippen molar-refractivity contribution in [1.29, 1.82) is 0 Å². The van der Waals surface area contributed by atoms with Crippen molar-refractivity contribution in [2.45, 2.75) is 26.4 Å². The molecule has 0 atom stereocenters. The van der Waals surface area contributed by atoms with Gasteiger partial charge in [-0.05, 0) is 20.8 Å². The predicted octanol–water partition coefficient (Wildman–Crippen LogP) is 4.11. The maximum atomic E-state index is 14.2. The van der Waals surface area contributed by atoms with E-state index in [2.05, 4.69) is 0 Å². The number of carbonyl (C=O) groups is 2. The van der Waals surface area contributed by atoms with E-state index in [1.54, 1.807) is 20.8 Å². The minimum absolute atomic E-state index is 0.0604. The second kappa shape index (κ2) is 9.06. The molecule has 0 bridgehead atoms. The Kier molecular flexibility index (Phi) is 6.96. The van der Waals surface area contributed by atoms with Crippen LogP contribution in [0.5, 0.6) is 11.5 Å². The van der Waals surface area contributed by atoms with Gasteiger partial charge in [0.2, 0.25) is 0 Å². The van der Waals surface area contributed by atoms with Crippen molar-refractivity contribution in [1.82, 2.24) is 0 Å². The quantitative estimate of drug-likeness (QED) is 0.652. The number of hydrogen-bond acceptors (Lipinski definition) is 5. The number of methoxy groups -OCH3 is 2. The predicted molar refractivity (Wildman–Crippen MR) is 103 cm³/mol. The first kappa shape index (κ1) is 23.1. The van der Waals surface area contributed by atoms with E-state index in [-0.39, 0.29) is 17.2 Å². The fourth-order valence-electron chi connectivity index (χ4n) is 2.61. The third kappa shape index (κ3) is 5.65. The molecule has 0 saturated heterocycles. The van der Waals surface area contributed by atoms with Crippen LogP contribution in [0.1, 0.15) is 31.1 Å². The van der Waals surface area contributed by atoms with Gasteiger partial charge >= 0.3 is 5.97 Å². The Bertz CT molecular complexity index is 911. The van der Waals surface area contributed by atoms with E-state index < -0.39 is 47.0 Å². The molecule has 1 amide bonds. The SMILES string of the molecule is COc1cc(OC)cc(N(CC(=O)OC(C)(C)C)C(=O)c2c(F)cc(F)cc2F)c1. The molecule has 2 rings (SSSR count). The molecule has 0 unspecified atom stereocenters. The highest BCUT2D eigenvalue weighted by Crippen LogP contribution is 2.30. The Balaban J connectivity index is 2.57. The maximum absolute atomic E-state index is 14.2. The van der Waals surface area contributed by atoms with Crippen LogP contribution in [-0.4, -0.2) is 38.2 Å². The summed E-state index contributed by atoms with van der Waals surface area (Å²) in [7, 11) is 2.75. The topological polar surface area (TPSA) is 65.1 Å². The van der Waals surface area contributed by atoms with Gasteiger partial charge in [-0.25, -0.2) is 13.2 Å². The molecule has 162 valence electrons. The molecule has 0 aromatic heterocycles. The van der Waals surface area contributed by atoms with Crippen molar-refractivity contribution in [3.63, 3.8) is 0 Å². The molecule has 0 radical (unpaired) electrons. The van der Waals surface area contributed by atoms with Gasteiger partial charge in [0.05, 0.1) is 19.9 Å². The van der Waals surface area contributed by atoms with Crippen molar-refractivity contribution >= 4 is 17.6 Å². The first-order chi connectivity index (χ1) is 13.9. The van der Waals surface area contributed by atoms with Gasteiger partial charge in [0.25, 0.3) is 5.91 Å². The molecule has 0 spiro atoms. The fourth-order valence-corrected chi connectivity index (χ4v) is 2.61. The average Bonchev–Trinajstić information content (AvgIpc) is 2.63. The highest BCUT2D eigenvalue weighted by atomic mass is 19.1. The van der Waals surface area contributed by atoms with Crippen molar-refractivity contribution in [3.05, 3.63) is 53.3 Å². The van der Waals surface area contributed by atoms with Crippen LogP contribution in [0.25, 0.3) is 0 Å². The molecule has 6 nitrogen and oxygen atoms in total. The van der Waals surface area contributed by atoms with Crippen LogP contribution in [0.3, 0.4) is 0 Å². The number of nitrogens with zero attached hydrogens (tertiary/aromatic N) is 1. The molecule has 2 aromatic rings. The molecule has 9 heteroatoms. The number of benzene rings is 2. The molecule has 30 heavy (non-hydrogen) atoms. The Morgan fingerprint density at radius 1 is 0.900 bits per heavy atom. The third-order valence-electron chi connectivity index (χ3n) is 3.82. The van der Waals surface area contributed by atoms with E-state index in [4.69, 9.17) is 14.2 Å². The zero-order chi connectivity index (χ0) is 22.6. The van der Waals surface area contributed by atoms with E-state index in [9.17, 15) is 22.8 Å². The molecule has 0 fully saturated rings. The van der Waals surface area contributed by atoms with Crippen LogP contribution in [0.2, 0.25) is 0 Å². The van der Waals surface area contributed by atoms with E-state index in [1.807, 2.05) is 0 Å². The number of rotatable bonds is 6. The minimum atomic E-state index is -1.40. The van der Waals surface area contributed by atoms with Gasteiger partial charge in [-0.3, -0.25) is 14.5 Å². The summed E-state index contributed by atoms with van der Waals surface area (Å²) in [5.74, 6) is -5.46. The summed E-state index contributed by atoms with van der Waals surface area (Å²) >= 11 is 0. The molecule has 0 N–H and O–H groups in total. The first-order valence-electron chi connectivity index (χ1n) is 8.86. The molecule has 0 heterocycles. The van der Waals surface area contributed by atoms with Crippen LogP contribution in [0, 0.1) is 17.5 Å². The van der Waals surface area contributed by atoms with Gasteiger partial charge in [-0.2, -0.15) is 0 Å². The Morgan fingerprint density at radius 3 is 1.83 bits per heavy atom. The molecule has 2 aromatic carbocycles. The third-order valence-corrected chi connectivity index (χ3v) is 3.82. The lowest BCUT2D eigenvalue weighted by molar-refractivity contribution is -0.152. The van der Waals surface area contributed by atoms with Crippen LogP contribution < -0.4 is 14.4 Å². The lowest BCUT2D eigenvalue weighted by atomic mass is 10.1. The van der Waals surface area contributed by atoms with E-state index >= 15 is 0 Å². The molecular weight excluding hydrogens is 403 g/mol. The van der Waals surface area contributed by atoms with Gasteiger partial charge in [-0.15, -0.1) is 0 Å². The van der Waals surface area contributed by atoms with Gasteiger partial charge in [0.1, 0.15) is 46.7 Å². The van der Waals surface area contributed by atoms with Crippen molar-refractivity contribution in [2.75, 3.05) is 25.7 Å². The van der Waals surface area contributed by atoms with Crippen LogP contribution in [0.15, 0.2) is 30.3 Å². The first-order valence-corrected chi connectivity index (χ1v) is 8.86. The zero-order valence-corrected chi connectivity index (χ0v) is 17.2. The summed E-state index contributed by atoms with van der Waals surface area (Å²) in [4.78, 5) is 26.2. The largest absolute Gasteiger partial charge is 0.497 e. The van der Waals surface area contributed by atoms with Crippen LogP contribution in [0.4, 0.5) is 18.9 Å². The second-order valence-corrected chi connectivity index (χ2v) is 7.29. The Labute approximate surface area is 172 Å². The second-order valence-electron chi connectivity index (χ2n) is 7.29. The smallest absolute Gasteiger partial charge is 0.326 e. The lowest BCUT2D eigenvalue weighted by Crippen LogP contribution is -2.39. The Morgan fingerprint density at radius 2 is 1.40 bits per heavy atom. The molecule has 0 aliphatic rings. The fraction of sp³-hybridized carbons (Fsp3) is 0.333. The van der Waals surface area contributed by atoms with E-state index in [0.717, 1.165) is 4.90 Å². The highest BCUT2D eigenvalue weighted by Gasteiger charge is 2.29. The molecule has 0 aliphatic carbocycles. The number of carbonyl (C=O) groups excluding carboxylic acids is 2. The number of esters is 1. The molecule has 0 aliphatic heterocycles. The summed E-state index contributed by atoms with van der Waals surface area (Å²) in [5, 5.41) is 0. The molecule has 0 saturated carbocycles. The van der Waals surface area contributed by atoms with Crippen molar-refractivity contribution in [2.24, 2.45) is 0 Å². The van der Waals surface area contributed by atoms with E-state index in [0.29, 0.717) is 12.1 Å². The van der Waals surface area contributed by atoms with Gasteiger partial charge in [0, 0.05) is 30.3 Å². The van der Waals surface area contributed by atoms with Crippen LogP contribution in [-0.2, 0) is 9.53 Å². The maximum Gasteiger partial charge on any atom is 0.326 e. The summed E-state index contributed by atoms with van der Waals surface area (Å²) in [6.07, 6.45) is 0. The van der Waals surface area contributed by atoms with Gasteiger partial charge in [-0.1, -0.05) is 0 Å². The monoisotopic (exact) mass is 425 g/mol.